The van der Waals surface area contributed by atoms with Crippen molar-refractivity contribution in [1.82, 2.24) is 4.90 Å². The second kappa shape index (κ2) is 13.0. The molecule has 2 aromatic carbocycles. The highest BCUT2D eigenvalue weighted by atomic mass is 32.1. The lowest BCUT2D eigenvalue weighted by Crippen LogP contribution is -2.27. The Bertz CT molecular complexity index is 1140. The van der Waals surface area contributed by atoms with Crippen LogP contribution in [-0.4, -0.2) is 55.3 Å². The number of anilines is 2. The summed E-state index contributed by atoms with van der Waals surface area (Å²) in [6.07, 6.45) is 0. The third-order valence-corrected chi connectivity index (χ3v) is 6.64. The molecule has 1 aromatic heterocycles. The van der Waals surface area contributed by atoms with Crippen molar-refractivity contribution in [3.05, 3.63) is 71.8 Å². The van der Waals surface area contributed by atoms with Crippen molar-refractivity contribution < 1.29 is 19.1 Å². The molecule has 2 N–H and O–H groups in total. The predicted molar refractivity (Wildman–Crippen MR) is 145 cm³/mol. The molecule has 0 saturated carbocycles. The molecule has 0 aliphatic carbocycles. The molecule has 184 valence electrons. The van der Waals surface area contributed by atoms with E-state index in [0.717, 1.165) is 23.5 Å². The Labute approximate surface area is 215 Å². The number of rotatable bonds is 10. The minimum Gasteiger partial charge on any atom is -0.465 e. The van der Waals surface area contributed by atoms with Crippen molar-refractivity contribution in [3.8, 4) is 10.4 Å². The fourth-order valence-corrected chi connectivity index (χ4v) is 4.68. The van der Waals surface area contributed by atoms with Crippen molar-refractivity contribution in [2.24, 2.45) is 0 Å². The third-order valence-electron chi connectivity index (χ3n) is 5.34. The number of thiocarbonyl (C=S) groups is 1. The highest BCUT2D eigenvalue weighted by molar-refractivity contribution is 7.80. The lowest BCUT2D eigenvalue weighted by Gasteiger charge is -2.17. The Morgan fingerprint density at radius 2 is 1.66 bits per heavy atom. The van der Waals surface area contributed by atoms with Gasteiger partial charge < -0.3 is 25.0 Å². The van der Waals surface area contributed by atoms with Crippen LogP contribution in [0.25, 0.3) is 10.4 Å². The number of likely N-dealkylation sites (N-methyl/N-ethyl adjacent to an activating group) is 1. The van der Waals surface area contributed by atoms with E-state index in [4.69, 9.17) is 21.7 Å². The average Bonchev–Trinajstić information content (AvgIpc) is 3.30. The standard InChI is InChI=1S/C26H29N3O4S2/c1-4-29(5-2)15-16-33-24(30)19-11-13-20(14-12-19)27-26(34)28-23-21(25(31)32-3)17-22(35-23)18-9-7-6-8-10-18/h6-14,17H,4-5,15-16H2,1-3H3,(H2,27,28,34). The summed E-state index contributed by atoms with van der Waals surface area (Å²) in [6, 6.07) is 18.4. The fraction of sp³-hybridized carbons (Fsp3) is 0.269. The van der Waals surface area contributed by atoms with Crippen LogP contribution in [0.1, 0.15) is 34.6 Å². The van der Waals surface area contributed by atoms with E-state index in [0.29, 0.717) is 40.1 Å². The number of hydrogen-bond acceptors (Lipinski definition) is 7. The van der Waals surface area contributed by atoms with Crippen LogP contribution in [0.2, 0.25) is 0 Å². The summed E-state index contributed by atoms with van der Waals surface area (Å²) in [6.45, 7) is 7.05. The van der Waals surface area contributed by atoms with E-state index in [1.54, 1.807) is 30.3 Å². The Morgan fingerprint density at radius 3 is 2.29 bits per heavy atom. The third kappa shape index (κ3) is 7.35. The van der Waals surface area contributed by atoms with E-state index < -0.39 is 5.97 Å². The Kier molecular flexibility index (Phi) is 9.77. The first kappa shape index (κ1) is 26.3. The molecule has 0 saturated heterocycles. The first-order valence-corrected chi connectivity index (χ1v) is 12.5. The second-order valence-electron chi connectivity index (χ2n) is 7.53. The van der Waals surface area contributed by atoms with E-state index in [1.165, 1.54) is 18.4 Å². The van der Waals surface area contributed by atoms with Crippen LogP contribution in [0.5, 0.6) is 0 Å². The number of nitrogens with one attached hydrogen (secondary N) is 2. The molecule has 0 bridgehead atoms. The average molecular weight is 512 g/mol. The van der Waals surface area contributed by atoms with Gasteiger partial charge in [-0.3, -0.25) is 0 Å². The molecule has 3 aromatic rings. The summed E-state index contributed by atoms with van der Waals surface area (Å²) in [5, 5.41) is 7.07. The van der Waals surface area contributed by atoms with Gasteiger partial charge in [0.2, 0.25) is 0 Å². The molecule has 0 fully saturated rings. The molecule has 0 amide bonds. The molecular formula is C26H29N3O4S2. The summed E-state index contributed by atoms with van der Waals surface area (Å²) in [5.74, 6) is -0.809. The van der Waals surface area contributed by atoms with E-state index in [-0.39, 0.29) is 5.97 Å². The molecule has 3 rings (SSSR count). The molecular weight excluding hydrogens is 482 g/mol. The zero-order valence-electron chi connectivity index (χ0n) is 20.0. The second-order valence-corrected chi connectivity index (χ2v) is 8.99. The van der Waals surface area contributed by atoms with Crippen molar-refractivity contribution in [3.63, 3.8) is 0 Å². The van der Waals surface area contributed by atoms with Gasteiger partial charge in [-0.15, -0.1) is 11.3 Å². The van der Waals surface area contributed by atoms with Crippen LogP contribution in [0.4, 0.5) is 10.7 Å². The van der Waals surface area contributed by atoms with Gasteiger partial charge in [0.25, 0.3) is 0 Å². The zero-order valence-corrected chi connectivity index (χ0v) is 21.6. The summed E-state index contributed by atoms with van der Waals surface area (Å²) in [4.78, 5) is 27.7. The number of hydrogen-bond donors (Lipinski definition) is 2. The number of thiophene rings is 1. The van der Waals surface area contributed by atoms with Crippen molar-refractivity contribution in [1.29, 1.82) is 0 Å². The van der Waals surface area contributed by atoms with Crippen molar-refractivity contribution in [2.45, 2.75) is 13.8 Å². The molecule has 9 heteroatoms. The summed E-state index contributed by atoms with van der Waals surface area (Å²) in [5.41, 5.74) is 2.56. The van der Waals surface area contributed by atoms with E-state index in [2.05, 4.69) is 29.4 Å². The highest BCUT2D eigenvalue weighted by Crippen LogP contribution is 2.36. The minimum absolute atomic E-state index is 0.311. The number of carbonyl (C=O) groups is 2. The quantitative estimate of drug-likeness (QED) is 0.273. The van der Waals surface area contributed by atoms with E-state index in [1.807, 2.05) is 30.3 Å². The van der Waals surface area contributed by atoms with Gasteiger partial charge in [0.1, 0.15) is 11.6 Å². The normalized spacial score (nSPS) is 10.6. The molecule has 7 nitrogen and oxygen atoms in total. The maximum Gasteiger partial charge on any atom is 0.340 e. The molecule has 0 aliphatic heterocycles. The van der Waals surface area contributed by atoms with Gasteiger partial charge in [0.05, 0.1) is 18.2 Å². The van der Waals surface area contributed by atoms with Crippen LogP contribution >= 0.6 is 23.6 Å². The molecule has 35 heavy (non-hydrogen) atoms. The van der Waals surface area contributed by atoms with Gasteiger partial charge in [0.15, 0.2) is 5.11 Å². The first-order chi connectivity index (χ1) is 16.9. The first-order valence-electron chi connectivity index (χ1n) is 11.3. The smallest absolute Gasteiger partial charge is 0.340 e. The number of nitrogens with zero attached hydrogens (tertiary/aromatic N) is 1. The Morgan fingerprint density at radius 1 is 0.971 bits per heavy atom. The van der Waals surface area contributed by atoms with Gasteiger partial charge in [0, 0.05) is 17.1 Å². The van der Waals surface area contributed by atoms with Crippen LogP contribution in [-0.2, 0) is 9.47 Å². The minimum atomic E-state index is -0.447. The van der Waals surface area contributed by atoms with Crippen molar-refractivity contribution >= 4 is 51.3 Å². The van der Waals surface area contributed by atoms with Crippen LogP contribution in [0.3, 0.4) is 0 Å². The largest absolute Gasteiger partial charge is 0.465 e. The van der Waals surface area contributed by atoms with Gasteiger partial charge in [-0.1, -0.05) is 44.2 Å². The predicted octanol–water partition coefficient (Wildman–Crippen LogP) is 5.51. The Balaban J connectivity index is 1.62. The maximum absolute atomic E-state index is 12.3. The number of benzene rings is 2. The monoisotopic (exact) mass is 511 g/mol. The summed E-state index contributed by atoms with van der Waals surface area (Å²) < 4.78 is 10.3. The van der Waals surface area contributed by atoms with Crippen molar-refractivity contribution in [2.75, 3.05) is 44.0 Å². The molecule has 0 aliphatic rings. The molecule has 0 spiro atoms. The highest BCUT2D eigenvalue weighted by Gasteiger charge is 2.18. The van der Waals surface area contributed by atoms with Crippen LogP contribution in [0, 0.1) is 0 Å². The van der Waals surface area contributed by atoms with Crippen LogP contribution < -0.4 is 10.6 Å². The lowest BCUT2D eigenvalue weighted by molar-refractivity contribution is 0.0466. The molecule has 0 radical (unpaired) electrons. The van der Waals surface area contributed by atoms with Gasteiger partial charge in [-0.25, -0.2) is 9.59 Å². The number of carbonyl (C=O) groups excluding carboxylic acids is 2. The molecule has 0 atom stereocenters. The topological polar surface area (TPSA) is 79.9 Å². The zero-order chi connectivity index (χ0) is 25.2. The fourth-order valence-electron chi connectivity index (χ4n) is 3.34. The maximum atomic E-state index is 12.3. The van der Waals surface area contributed by atoms with Gasteiger partial charge in [-0.2, -0.15) is 0 Å². The number of methoxy groups -OCH3 is 1. The van der Waals surface area contributed by atoms with Crippen LogP contribution in [0.15, 0.2) is 60.7 Å². The lowest BCUT2D eigenvalue weighted by atomic mass is 10.1. The molecule has 1 heterocycles. The number of ether oxygens (including phenoxy) is 2. The van der Waals surface area contributed by atoms with Gasteiger partial charge >= 0.3 is 11.9 Å². The Hall–Kier alpha value is -3.27. The summed E-state index contributed by atoms with van der Waals surface area (Å²) in [7, 11) is 1.35. The molecule has 0 unspecified atom stereocenters. The van der Waals surface area contributed by atoms with Gasteiger partial charge in [-0.05, 0) is 61.2 Å². The van der Waals surface area contributed by atoms with E-state index >= 15 is 0 Å². The van der Waals surface area contributed by atoms with E-state index in [9.17, 15) is 9.59 Å². The SMILES string of the molecule is CCN(CC)CCOC(=O)c1ccc(NC(=S)Nc2sc(-c3ccccc3)cc2C(=O)OC)cc1. The number of esters is 2. The summed E-state index contributed by atoms with van der Waals surface area (Å²) >= 11 is 6.86.